The molecule has 3 heteroatoms. The molecule has 0 aromatic carbocycles. The van der Waals surface area contributed by atoms with Crippen LogP contribution in [0, 0.1) is 0 Å². The Morgan fingerprint density at radius 3 is 1.60 bits per heavy atom. The van der Waals surface area contributed by atoms with Gasteiger partial charge in [-0.3, -0.25) is 0 Å². The quantitative estimate of drug-likeness (QED) is 0.466. The van der Waals surface area contributed by atoms with E-state index >= 15 is 0 Å². The second-order valence-electron chi connectivity index (χ2n) is 7.12. The first kappa shape index (κ1) is 17.6. The van der Waals surface area contributed by atoms with Gasteiger partial charge in [-0.15, -0.1) is 0 Å². The molecule has 0 aliphatic carbocycles. The zero-order valence-corrected chi connectivity index (χ0v) is 17.0. The van der Waals surface area contributed by atoms with E-state index < -0.39 is 6.46 Å². The van der Waals surface area contributed by atoms with E-state index in [1.807, 2.05) is 0 Å². The van der Waals surface area contributed by atoms with Crippen LogP contribution in [0.3, 0.4) is 0 Å². The Morgan fingerprint density at radius 2 is 1.25 bits per heavy atom. The number of hydrogen-bond acceptors (Lipinski definition) is 1. The molecule has 0 aromatic rings. The average molecular weight is 334 g/mol. The molecule has 0 radical (unpaired) electrons. The maximum atomic E-state index is 2.78. The Hall–Kier alpha value is 1.21. The molecular weight excluding hydrogens is 298 g/mol. The van der Waals surface area contributed by atoms with Gasteiger partial charge in [-0.25, -0.2) is 0 Å². The molecule has 20 heavy (non-hydrogen) atoms. The van der Waals surface area contributed by atoms with Gasteiger partial charge >= 0.3 is 133 Å². The molecule has 2 aliphatic rings. The molecule has 2 heterocycles. The molecule has 120 valence electrons. The van der Waals surface area contributed by atoms with Crippen LogP contribution < -0.4 is 0 Å². The SMILES string of the molecule is CC[C@@H]1CC[C@@H](CC)P1S[PH]1(C)[C@H](CC)CC[C@H]1CC. The molecule has 0 aromatic heterocycles. The normalized spacial score (nSPS) is 39.2. The van der Waals surface area contributed by atoms with Crippen molar-refractivity contribution in [3.05, 3.63) is 0 Å². The van der Waals surface area contributed by atoms with Crippen LogP contribution in [-0.2, 0) is 0 Å². The first-order valence-corrected chi connectivity index (χ1v) is 15.4. The predicted molar refractivity (Wildman–Crippen MR) is 104 cm³/mol. The fourth-order valence-electron chi connectivity index (χ4n) is 4.76. The van der Waals surface area contributed by atoms with E-state index in [0.29, 0.717) is 0 Å². The molecule has 0 bridgehead atoms. The standard InChI is InChI=1S/C17H36P2S/c1-6-14-10-11-15(7-2)18(14)20-19(5)16(8-3)12-13-17(19)9-4/h14-17,19H,6-13H2,1-5H3/t14-,15-,16-,17-/m1/s1. The first-order chi connectivity index (χ1) is 9.60. The molecule has 4 atom stereocenters. The van der Waals surface area contributed by atoms with E-state index in [-0.39, 0.29) is 7.12 Å². The van der Waals surface area contributed by atoms with E-state index in [4.69, 9.17) is 0 Å². The van der Waals surface area contributed by atoms with Crippen molar-refractivity contribution in [3.8, 4) is 0 Å². The zero-order valence-electron chi connectivity index (χ0n) is 14.3. The molecule has 0 saturated carbocycles. The van der Waals surface area contributed by atoms with Gasteiger partial charge in [-0.05, 0) is 0 Å². The molecule has 0 unspecified atom stereocenters. The molecule has 0 nitrogen and oxygen atoms in total. The summed E-state index contributed by atoms with van der Waals surface area (Å²) in [5.41, 5.74) is 4.44. The van der Waals surface area contributed by atoms with Gasteiger partial charge in [0.2, 0.25) is 0 Å². The molecule has 2 rings (SSSR count). The van der Waals surface area contributed by atoms with Crippen molar-refractivity contribution >= 4 is 24.6 Å². The Bertz CT molecular complexity index is 283. The summed E-state index contributed by atoms with van der Waals surface area (Å²) in [5, 5.41) is 0. The van der Waals surface area contributed by atoms with Gasteiger partial charge in [-0.2, -0.15) is 0 Å². The summed E-state index contributed by atoms with van der Waals surface area (Å²) in [6, 6.07) is 0. The molecule has 2 fully saturated rings. The van der Waals surface area contributed by atoms with E-state index in [9.17, 15) is 0 Å². The molecule has 0 N–H and O–H groups in total. The minimum absolute atomic E-state index is 0.282. The zero-order chi connectivity index (χ0) is 14.8. The molecule has 0 spiro atoms. The fraction of sp³-hybridized carbons (Fsp3) is 1.00. The van der Waals surface area contributed by atoms with Crippen molar-refractivity contribution in [2.24, 2.45) is 0 Å². The van der Waals surface area contributed by atoms with Crippen LogP contribution in [0.2, 0.25) is 0 Å². The van der Waals surface area contributed by atoms with Crippen molar-refractivity contribution in [2.45, 2.75) is 102 Å². The summed E-state index contributed by atoms with van der Waals surface area (Å²) in [4.78, 5) is 0. The summed E-state index contributed by atoms with van der Waals surface area (Å²) in [6.45, 7) is 11.5. The molecular formula is C17H36P2S. The monoisotopic (exact) mass is 334 g/mol. The number of hydrogen-bond donors (Lipinski definition) is 0. The summed E-state index contributed by atoms with van der Waals surface area (Å²) >= 11 is 2.65. The van der Waals surface area contributed by atoms with E-state index in [1.54, 1.807) is 25.7 Å². The summed E-state index contributed by atoms with van der Waals surface area (Å²) in [6.07, 6.45) is 12.0. The Balaban J connectivity index is 2.15. The third-order valence-electron chi connectivity index (χ3n) is 6.27. The summed E-state index contributed by atoms with van der Waals surface area (Å²) in [5.74, 6) is 0. The minimum atomic E-state index is -1.08. The van der Waals surface area contributed by atoms with Crippen molar-refractivity contribution in [3.63, 3.8) is 0 Å². The average Bonchev–Trinajstić information content (AvgIpc) is 2.99. The Morgan fingerprint density at radius 1 is 0.800 bits per heavy atom. The van der Waals surface area contributed by atoms with Crippen molar-refractivity contribution in [2.75, 3.05) is 6.66 Å². The Kier molecular flexibility index (Phi) is 6.72. The second-order valence-corrected chi connectivity index (χ2v) is 19.6. The summed E-state index contributed by atoms with van der Waals surface area (Å²) < 4.78 is 0. The van der Waals surface area contributed by atoms with Gasteiger partial charge in [0.05, 0.1) is 0 Å². The second kappa shape index (κ2) is 7.66. The predicted octanol–water partition coefficient (Wildman–Crippen LogP) is 7.11. The van der Waals surface area contributed by atoms with E-state index in [2.05, 4.69) is 45.4 Å². The van der Waals surface area contributed by atoms with Crippen LogP contribution in [0.4, 0.5) is 0 Å². The van der Waals surface area contributed by atoms with E-state index in [0.717, 1.165) is 22.6 Å². The first-order valence-electron chi connectivity index (χ1n) is 9.07. The molecule has 2 saturated heterocycles. The number of rotatable bonds is 6. The van der Waals surface area contributed by atoms with Crippen molar-refractivity contribution < 1.29 is 0 Å². The van der Waals surface area contributed by atoms with Gasteiger partial charge in [0.25, 0.3) is 0 Å². The topological polar surface area (TPSA) is 0 Å². The summed E-state index contributed by atoms with van der Waals surface area (Å²) in [7, 11) is 0.282. The van der Waals surface area contributed by atoms with Crippen molar-refractivity contribution in [1.82, 2.24) is 0 Å². The van der Waals surface area contributed by atoms with Crippen molar-refractivity contribution in [1.29, 1.82) is 0 Å². The van der Waals surface area contributed by atoms with Crippen LogP contribution in [0.5, 0.6) is 0 Å². The van der Waals surface area contributed by atoms with Gasteiger partial charge in [-0.1, -0.05) is 0 Å². The third-order valence-corrected chi connectivity index (χ3v) is 25.2. The van der Waals surface area contributed by atoms with Crippen LogP contribution >= 0.6 is 24.6 Å². The van der Waals surface area contributed by atoms with Gasteiger partial charge < -0.3 is 0 Å². The van der Waals surface area contributed by atoms with Gasteiger partial charge in [0, 0.05) is 0 Å². The molecule has 0 amide bonds. The van der Waals surface area contributed by atoms with Gasteiger partial charge in [0.1, 0.15) is 0 Å². The third kappa shape index (κ3) is 3.26. The van der Waals surface area contributed by atoms with Crippen LogP contribution in [-0.4, -0.2) is 29.3 Å². The Labute approximate surface area is 133 Å². The van der Waals surface area contributed by atoms with E-state index in [1.165, 1.54) is 25.7 Å². The van der Waals surface area contributed by atoms with Gasteiger partial charge in [0.15, 0.2) is 0 Å². The van der Waals surface area contributed by atoms with Crippen LogP contribution in [0.1, 0.15) is 79.1 Å². The fourth-order valence-corrected chi connectivity index (χ4v) is 27.5. The molecule has 2 aliphatic heterocycles. The maximum absolute atomic E-state index is 2.78. The van der Waals surface area contributed by atoms with Crippen LogP contribution in [0.15, 0.2) is 0 Å². The van der Waals surface area contributed by atoms with Crippen LogP contribution in [0.25, 0.3) is 0 Å².